The van der Waals surface area contributed by atoms with Crippen LogP contribution in [0.2, 0.25) is 0 Å². The zero-order chi connectivity index (χ0) is 54.3. The van der Waals surface area contributed by atoms with Gasteiger partial charge in [-0.1, -0.05) is 230 Å². The van der Waals surface area contributed by atoms with Gasteiger partial charge in [-0.05, 0) is 148 Å². The normalized spacial score (nSPS) is 13.3. The highest BCUT2D eigenvalue weighted by atomic mass is 16.6. The number of ether oxygens (including phenoxy) is 3. The second-order valence-corrected chi connectivity index (χ2v) is 19.1. The lowest BCUT2D eigenvalue weighted by Crippen LogP contribution is -2.30. The van der Waals surface area contributed by atoms with Gasteiger partial charge in [0.2, 0.25) is 0 Å². The molecule has 420 valence electrons. The molecule has 0 amide bonds. The van der Waals surface area contributed by atoms with Gasteiger partial charge in [-0.2, -0.15) is 0 Å². The van der Waals surface area contributed by atoms with Crippen molar-refractivity contribution in [1.29, 1.82) is 0 Å². The minimum Gasteiger partial charge on any atom is -0.462 e. The second kappa shape index (κ2) is 61.6. The van der Waals surface area contributed by atoms with E-state index in [-0.39, 0.29) is 37.5 Å². The summed E-state index contributed by atoms with van der Waals surface area (Å²) in [6.45, 7) is 6.32. The average molecular weight is 1030 g/mol. The number of esters is 3. The van der Waals surface area contributed by atoms with E-state index in [0.717, 1.165) is 154 Å². The van der Waals surface area contributed by atoms with E-state index < -0.39 is 6.10 Å². The molecule has 1 atom stereocenters. The van der Waals surface area contributed by atoms with E-state index >= 15 is 0 Å². The minimum atomic E-state index is -0.817. The zero-order valence-corrected chi connectivity index (χ0v) is 48.0. The molecule has 0 aliphatic carbocycles. The molecular weight excluding hydrogens is 925 g/mol. The van der Waals surface area contributed by atoms with E-state index in [9.17, 15) is 14.4 Å². The number of hydrogen-bond donors (Lipinski definition) is 0. The molecule has 0 radical (unpaired) electrons. The molecule has 1 unspecified atom stereocenters. The Morgan fingerprint density at radius 3 is 0.840 bits per heavy atom. The van der Waals surface area contributed by atoms with Crippen LogP contribution in [-0.2, 0) is 28.6 Å². The number of carbonyl (C=O) groups excluding carboxylic acids is 3. The van der Waals surface area contributed by atoms with Gasteiger partial charge >= 0.3 is 17.9 Å². The van der Waals surface area contributed by atoms with Gasteiger partial charge in [-0.15, -0.1) is 0 Å². The van der Waals surface area contributed by atoms with Gasteiger partial charge in [0.25, 0.3) is 0 Å². The van der Waals surface area contributed by atoms with Crippen LogP contribution in [0.1, 0.15) is 239 Å². The Labute approximate surface area is 460 Å². The molecule has 0 aromatic rings. The van der Waals surface area contributed by atoms with Crippen molar-refractivity contribution in [3.63, 3.8) is 0 Å². The number of hydrogen-bond acceptors (Lipinski definition) is 6. The van der Waals surface area contributed by atoms with E-state index in [2.05, 4.69) is 179 Å². The molecule has 0 bridgehead atoms. The maximum absolute atomic E-state index is 12.8. The van der Waals surface area contributed by atoms with Crippen LogP contribution in [-0.4, -0.2) is 37.2 Å². The van der Waals surface area contributed by atoms with Crippen LogP contribution in [0.3, 0.4) is 0 Å². The van der Waals surface area contributed by atoms with Crippen molar-refractivity contribution < 1.29 is 28.6 Å². The lowest BCUT2D eigenvalue weighted by atomic mass is 10.1. The molecule has 6 nitrogen and oxygen atoms in total. The summed E-state index contributed by atoms with van der Waals surface area (Å²) < 4.78 is 16.8. The summed E-state index contributed by atoms with van der Waals surface area (Å²) in [5.74, 6) is -0.992. The molecule has 0 heterocycles. The van der Waals surface area contributed by atoms with Gasteiger partial charge in [0, 0.05) is 19.3 Å². The summed E-state index contributed by atoms with van der Waals surface area (Å²) in [6.07, 6.45) is 89.6. The molecule has 0 aliphatic heterocycles. The molecule has 0 fully saturated rings. The molecule has 6 heteroatoms. The molecule has 0 saturated carbocycles. The summed E-state index contributed by atoms with van der Waals surface area (Å²) in [6, 6.07) is 0. The number of rotatable bonds is 52. The Hall–Kier alpha value is -4.97. The summed E-state index contributed by atoms with van der Waals surface area (Å²) in [7, 11) is 0. The first-order chi connectivity index (χ1) is 37.0. The largest absolute Gasteiger partial charge is 0.462 e. The summed E-state index contributed by atoms with van der Waals surface area (Å²) in [5, 5.41) is 0. The van der Waals surface area contributed by atoms with E-state index in [1.807, 2.05) is 0 Å². The summed E-state index contributed by atoms with van der Waals surface area (Å²) >= 11 is 0. The van der Waals surface area contributed by atoms with Gasteiger partial charge in [-0.3, -0.25) is 14.4 Å². The highest BCUT2D eigenvalue weighted by Gasteiger charge is 2.19. The molecule has 0 saturated heterocycles. The lowest BCUT2D eigenvalue weighted by Gasteiger charge is -2.18. The van der Waals surface area contributed by atoms with Crippen LogP contribution in [0.4, 0.5) is 0 Å². The topological polar surface area (TPSA) is 78.9 Å². The van der Waals surface area contributed by atoms with Gasteiger partial charge in [0.1, 0.15) is 13.2 Å². The number of unbranched alkanes of at least 4 members (excludes halogenated alkanes) is 15. The SMILES string of the molecule is CC/C=C\C/C=C\C/C=C\C/C=C\C/C=C\C/C=C\C/C=C\C/C=C\C/C=C\CCCCCC(=O)OCC(COC(=O)CCCCCCC/C=C\CCCCCC)OC(=O)CCCCC/C=C\C/C=C\C/C=C\CC. The first-order valence-electron chi connectivity index (χ1n) is 30.0. The predicted molar refractivity (Wildman–Crippen MR) is 325 cm³/mol. The van der Waals surface area contributed by atoms with Gasteiger partial charge in [0.15, 0.2) is 6.10 Å². The highest BCUT2D eigenvalue weighted by molar-refractivity contribution is 5.71. The van der Waals surface area contributed by atoms with Crippen LogP contribution in [0, 0.1) is 0 Å². The minimum absolute atomic E-state index is 0.111. The van der Waals surface area contributed by atoms with Gasteiger partial charge in [-0.25, -0.2) is 0 Å². The van der Waals surface area contributed by atoms with Crippen molar-refractivity contribution in [3.8, 4) is 0 Å². The van der Waals surface area contributed by atoms with Crippen LogP contribution < -0.4 is 0 Å². The molecule has 0 spiro atoms. The van der Waals surface area contributed by atoms with Gasteiger partial charge < -0.3 is 14.2 Å². The van der Waals surface area contributed by atoms with E-state index in [1.165, 1.54) is 38.5 Å². The third-order valence-corrected chi connectivity index (χ3v) is 12.0. The maximum atomic E-state index is 12.8. The van der Waals surface area contributed by atoms with Gasteiger partial charge in [0.05, 0.1) is 0 Å². The van der Waals surface area contributed by atoms with Crippen LogP contribution in [0.15, 0.2) is 158 Å². The zero-order valence-electron chi connectivity index (χ0n) is 48.0. The fourth-order valence-electron chi connectivity index (χ4n) is 7.56. The Bertz CT molecular complexity index is 1710. The molecule has 0 rings (SSSR count). The monoisotopic (exact) mass is 1030 g/mol. The molecule has 0 aromatic carbocycles. The smallest absolute Gasteiger partial charge is 0.306 e. The standard InChI is InChI=1S/C69H108O6/c1-4-7-10-13-16-19-22-25-26-27-28-29-30-31-32-33-34-35-36-37-38-39-40-41-42-45-47-50-53-56-59-62-68(71)74-65-66(75-69(72)63-60-57-54-51-48-44-24-21-18-15-12-9-6-3)64-73-67(70)61-58-55-52-49-46-43-23-20-17-14-11-8-5-2/h7,9-10,12,16,18-21,23,25-26,28-29,31-32,34-35,37-38,40-41,44-45,47-48,66H,4-6,8,11,13-15,17,22,24,27,30,33,36,39,42-43,46,49-65H2,1-3H3/b10-7-,12-9-,19-16-,21-18-,23-20-,26-25-,29-28-,32-31-,35-34-,38-37-,41-40-,47-45-,48-44-. The Morgan fingerprint density at radius 2 is 0.520 bits per heavy atom. The fourth-order valence-corrected chi connectivity index (χ4v) is 7.56. The van der Waals surface area contributed by atoms with Crippen LogP contribution in [0.5, 0.6) is 0 Å². The van der Waals surface area contributed by atoms with E-state index in [4.69, 9.17) is 14.2 Å². The molecule has 75 heavy (non-hydrogen) atoms. The summed E-state index contributed by atoms with van der Waals surface area (Å²) in [5.41, 5.74) is 0. The Morgan fingerprint density at radius 1 is 0.280 bits per heavy atom. The highest BCUT2D eigenvalue weighted by Crippen LogP contribution is 2.12. The van der Waals surface area contributed by atoms with Crippen molar-refractivity contribution in [2.45, 2.75) is 245 Å². The van der Waals surface area contributed by atoms with Crippen molar-refractivity contribution in [2.24, 2.45) is 0 Å². The van der Waals surface area contributed by atoms with Crippen LogP contribution in [0.25, 0.3) is 0 Å². The van der Waals surface area contributed by atoms with E-state index in [1.54, 1.807) is 0 Å². The van der Waals surface area contributed by atoms with Crippen molar-refractivity contribution in [1.82, 2.24) is 0 Å². The number of carbonyl (C=O) groups is 3. The molecular formula is C69H108O6. The second-order valence-electron chi connectivity index (χ2n) is 19.1. The fraction of sp³-hybridized carbons (Fsp3) is 0.580. The van der Waals surface area contributed by atoms with Crippen molar-refractivity contribution in [3.05, 3.63) is 158 Å². The quantitative estimate of drug-likeness (QED) is 0.0261. The first kappa shape index (κ1) is 70.0. The average Bonchev–Trinajstić information content (AvgIpc) is 3.41. The number of allylic oxidation sites excluding steroid dienone is 26. The molecule has 0 N–H and O–H groups in total. The van der Waals surface area contributed by atoms with Crippen molar-refractivity contribution in [2.75, 3.05) is 13.2 Å². The maximum Gasteiger partial charge on any atom is 0.306 e. The third kappa shape index (κ3) is 59.8. The predicted octanol–water partition coefficient (Wildman–Crippen LogP) is 20.5. The molecule has 0 aromatic heterocycles. The Balaban J connectivity index is 4.39. The Kier molecular flexibility index (Phi) is 57.5. The molecule has 0 aliphatic rings. The van der Waals surface area contributed by atoms with Crippen LogP contribution >= 0.6 is 0 Å². The van der Waals surface area contributed by atoms with Crippen molar-refractivity contribution >= 4 is 17.9 Å². The van der Waals surface area contributed by atoms with E-state index in [0.29, 0.717) is 19.3 Å². The first-order valence-corrected chi connectivity index (χ1v) is 30.0. The third-order valence-electron chi connectivity index (χ3n) is 12.0. The summed E-state index contributed by atoms with van der Waals surface area (Å²) in [4.78, 5) is 38.1. The lowest BCUT2D eigenvalue weighted by molar-refractivity contribution is -0.167.